The van der Waals surface area contributed by atoms with E-state index in [0.717, 1.165) is 5.56 Å². The highest BCUT2D eigenvalue weighted by Crippen LogP contribution is 2.30. The maximum atomic E-state index is 12.2. The van der Waals surface area contributed by atoms with Crippen molar-refractivity contribution in [2.24, 2.45) is 5.41 Å². The fraction of sp³-hybridized carbons (Fsp3) is 0.333. The second-order valence-electron chi connectivity index (χ2n) is 4.77. The van der Waals surface area contributed by atoms with E-state index in [1.807, 2.05) is 30.3 Å². The number of aliphatic hydroxyl groups excluding tert-OH is 1. The van der Waals surface area contributed by atoms with Crippen LogP contribution in [0.25, 0.3) is 0 Å². The Kier molecular flexibility index (Phi) is 7.58. The molecule has 122 valence electrons. The summed E-state index contributed by atoms with van der Waals surface area (Å²) < 4.78 is 9.54. The lowest BCUT2D eigenvalue weighted by atomic mass is 9.81. The molecular formula is C18H20O5. The van der Waals surface area contributed by atoms with Crippen molar-refractivity contribution in [2.75, 3.05) is 20.8 Å². The molecule has 5 nitrogen and oxygen atoms in total. The van der Waals surface area contributed by atoms with Gasteiger partial charge in [0, 0.05) is 12.0 Å². The summed E-state index contributed by atoms with van der Waals surface area (Å²) in [4.78, 5) is 24.4. The van der Waals surface area contributed by atoms with Crippen LogP contribution < -0.4 is 0 Å². The molecule has 1 rings (SSSR count). The highest BCUT2D eigenvalue weighted by atomic mass is 16.5. The molecule has 0 aliphatic rings. The molecule has 1 aromatic rings. The number of hydrogen-bond donors (Lipinski definition) is 1. The van der Waals surface area contributed by atoms with Crippen LogP contribution in [0, 0.1) is 17.3 Å². The second-order valence-corrected chi connectivity index (χ2v) is 4.77. The number of hydrogen-bond acceptors (Lipinski definition) is 5. The van der Waals surface area contributed by atoms with Gasteiger partial charge in [-0.05, 0) is 18.6 Å². The standard InChI is InChI=1S/C18H20O5/c1-22-16(20)18(17(21)23-2,12-6-7-14-19)13-8-11-15-9-4-3-5-10-15/h3-7,9-10,19H,12-14H2,1-2H3/b7-6-. The zero-order valence-electron chi connectivity index (χ0n) is 13.2. The maximum Gasteiger partial charge on any atom is 0.324 e. The van der Waals surface area contributed by atoms with Crippen LogP contribution in [0.3, 0.4) is 0 Å². The highest BCUT2D eigenvalue weighted by Gasteiger charge is 2.47. The molecule has 0 spiro atoms. The van der Waals surface area contributed by atoms with Gasteiger partial charge in [-0.2, -0.15) is 0 Å². The zero-order valence-corrected chi connectivity index (χ0v) is 13.2. The van der Waals surface area contributed by atoms with Crippen LogP contribution in [-0.4, -0.2) is 37.9 Å². The predicted molar refractivity (Wildman–Crippen MR) is 85.2 cm³/mol. The Balaban J connectivity index is 3.10. The maximum absolute atomic E-state index is 12.2. The Morgan fingerprint density at radius 3 is 2.26 bits per heavy atom. The van der Waals surface area contributed by atoms with E-state index in [0.29, 0.717) is 0 Å². The Morgan fingerprint density at radius 2 is 1.74 bits per heavy atom. The molecule has 0 saturated heterocycles. The van der Waals surface area contributed by atoms with Crippen LogP contribution in [0.5, 0.6) is 0 Å². The summed E-state index contributed by atoms with van der Waals surface area (Å²) in [5, 5.41) is 8.83. The number of aliphatic hydroxyl groups is 1. The smallest absolute Gasteiger partial charge is 0.324 e. The zero-order chi connectivity index (χ0) is 17.1. The average molecular weight is 316 g/mol. The molecule has 0 amide bonds. The molecule has 0 unspecified atom stereocenters. The minimum atomic E-state index is -1.54. The first-order valence-corrected chi connectivity index (χ1v) is 7.07. The minimum Gasteiger partial charge on any atom is -0.468 e. The van der Waals surface area contributed by atoms with Gasteiger partial charge in [0.05, 0.1) is 20.8 Å². The molecule has 5 heteroatoms. The number of carbonyl (C=O) groups excluding carboxylic acids is 2. The summed E-state index contributed by atoms with van der Waals surface area (Å²) in [7, 11) is 2.42. The number of methoxy groups -OCH3 is 2. The van der Waals surface area contributed by atoms with Gasteiger partial charge in [-0.25, -0.2) is 0 Å². The molecule has 1 N–H and O–H groups in total. The molecule has 0 saturated carbocycles. The number of rotatable bonds is 6. The Morgan fingerprint density at radius 1 is 1.13 bits per heavy atom. The Labute approximate surface area is 135 Å². The predicted octanol–water partition coefficient (Wildman–Crippen LogP) is 1.70. The summed E-state index contributed by atoms with van der Waals surface area (Å²) in [6.45, 7) is -0.186. The van der Waals surface area contributed by atoms with Crippen molar-refractivity contribution in [3.63, 3.8) is 0 Å². The van der Waals surface area contributed by atoms with Gasteiger partial charge in [-0.3, -0.25) is 9.59 Å². The van der Waals surface area contributed by atoms with E-state index in [9.17, 15) is 9.59 Å². The van der Waals surface area contributed by atoms with Gasteiger partial charge in [0.25, 0.3) is 0 Å². The molecule has 0 radical (unpaired) electrons. The lowest BCUT2D eigenvalue weighted by molar-refractivity contribution is -0.168. The number of carbonyl (C=O) groups is 2. The van der Waals surface area contributed by atoms with E-state index in [2.05, 4.69) is 11.8 Å². The molecule has 0 fully saturated rings. The number of esters is 2. The van der Waals surface area contributed by atoms with Gasteiger partial charge in [-0.1, -0.05) is 42.2 Å². The first-order valence-electron chi connectivity index (χ1n) is 7.07. The van der Waals surface area contributed by atoms with Crippen LogP contribution in [-0.2, 0) is 19.1 Å². The van der Waals surface area contributed by atoms with Crippen molar-refractivity contribution in [3.8, 4) is 11.8 Å². The van der Waals surface area contributed by atoms with E-state index in [1.165, 1.54) is 26.4 Å². The van der Waals surface area contributed by atoms with E-state index in [1.54, 1.807) is 0 Å². The third-order valence-electron chi connectivity index (χ3n) is 3.29. The minimum absolute atomic E-state index is 0.0381. The van der Waals surface area contributed by atoms with Gasteiger partial charge >= 0.3 is 11.9 Å². The van der Waals surface area contributed by atoms with Crippen molar-refractivity contribution < 1.29 is 24.2 Å². The molecule has 23 heavy (non-hydrogen) atoms. The fourth-order valence-electron chi connectivity index (χ4n) is 2.03. The van der Waals surface area contributed by atoms with Crippen molar-refractivity contribution in [3.05, 3.63) is 48.0 Å². The van der Waals surface area contributed by atoms with E-state index < -0.39 is 17.4 Å². The lowest BCUT2D eigenvalue weighted by Crippen LogP contribution is -2.40. The summed E-state index contributed by atoms with van der Waals surface area (Å²) in [6, 6.07) is 9.23. The van der Waals surface area contributed by atoms with Gasteiger partial charge in [0.1, 0.15) is 0 Å². The van der Waals surface area contributed by atoms with Crippen LogP contribution in [0.2, 0.25) is 0 Å². The summed E-state index contributed by atoms with van der Waals surface area (Å²) in [6.07, 6.45) is 2.98. The van der Waals surface area contributed by atoms with Crippen LogP contribution in [0.4, 0.5) is 0 Å². The monoisotopic (exact) mass is 316 g/mol. The quantitative estimate of drug-likeness (QED) is 0.374. The van der Waals surface area contributed by atoms with Crippen LogP contribution >= 0.6 is 0 Å². The van der Waals surface area contributed by atoms with Crippen molar-refractivity contribution in [1.82, 2.24) is 0 Å². The summed E-state index contributed by atoms with van der Waals surface area (Å²) in [5.41, 5.74) is -0.765. The van der Waals surface area contributed by atoms with Crippen molar-refractivity contribution >= 4 is 11.9 Å². The highest BCUT2D eigenvalue weighted by molar-refractivity contribution is 6.00. The van der Waals surface area contributed by atoms with Crippen molar-refractivity contribution in [1.29, 1.82) is 0 Å². The normalized spacial score (nSPS) is 10.7. The molecule has 0 heterocycles. The molecule has 1 aromatic carbocycles. The van der Waals surface area contributed by atoms with Gasteiger partial charge in [-0.15, -0.1) is 0 Å². The van der Waals surface area contributed by atoms with Gasteiger partial charge in [0.15, 0.2) is 5.41 Å². The molecule has 0 aromatic heterocycles. The largest absolute Gasteiger partial charge is 0.468 e. The molecule has 0 bridgehead atoms. The fourth-order valence-corrected chi connectivity index (χ4v) is 2.03. The molecule has 0 aliphatic heterocycles. The third kappa shape index (κ3) is 4.97. The van der Waals surface area contributed by atoms with Gasteiger partial charge < -0.3 is 14.6 Å². The van der Waals surface area contributed by atoms with E-state index in [4.69, 9.17) is 14.6 Å². The number of allylic oxidation sites excluding steroid dienone is 1. The summed E-state index contributed by atoms with van der Waals surface area (Å²) in [5.74, 6) is 4.33. The molecular weight excluding hydrogens is 296 g/mol. The number of ether oxygens (including phenoxy) is 2. The average Bonchev–Trinajstić information content (AvgIpc) is 2.60. The Bertz CT molecular complexity index is 591. The molecule has 0 aliphatic carbocycles. The SMILES string of the molecule is COC(=O)C(CC#Cc1ccccc1)(C/C=C\CO)C(=O)OC. The van der Waals surface area contributed by atoms with Crippen LogP contribution in [0.15, 0.2) is 42.5 Å². The third-order valence-corrected chi connectivity index (χ3v) is 3.29. The first kappa shape index (κ1) is 18.5. The first-order chi connectivity index (χ1) is 11.1. The molecule has 0 atom stereocenters. The van der Waals surface area contributed by atoms with Crippen molar-refractivity contribution in [2.45, 2.75) is 12.8 Å². The topological polar surface area (TPSA) is 72.8 Å². The number of benzene rings is 1. The van der Waals surface area contributed by atoms with E-state index in [-0.39, 0.29) is 19.4 Å². The van der Waals surface area contributed by atoms with Gasteiger partial charge in [0.2, 0.25) is 0 Å². The summed E-state index contributed by atoms with van der Waals surface area (Å²) >= 11 is 0. The Hall–Kier alpha value is -2.58. The van der Waals surface area contributed by atoms with Crippen LogP contribution in [0.1, 0.15) is 18.4 Å². The van der Waals surface area contributed by atoms with E-state index >= 15 is 0 Å². The second kappa shape index (κ2) is 9.44. The lowest BCUT2D eigenvalue weighted by Gasteiger charge is -2.24.